The monoisotopic (exact) mass is 213 g/mol. The Morgan fingerprint density at radius 3 is 2.21 bits per heavy atom. The fourth-order valence-corrected chi connectivity index (χ4v) is 1.89. The summed E-state index contributed by atoms with van der Waals surface area (Å²) in [4.78, 5) is 1.94. The van der Waals surface area contributed by atoms with Gasteiger partial charge in [-0.3, -0.25) is 0 Å². The summed E-state index contributed by atoms with van der Waals surface area (Å²) in [6.07, 6.45) is 0. The first-order valence-corrected chi connectivity index (χ1v) is 4.90. The summed E-state index contributed by atoms with van der Waals surface area (Å²) in [5.74, 6) is 0. The van der Waals surface area contributed by atoms with Crippen molar-refractivity contribution in [2.45, 2.75) is 19.4 Å². The van der Waals surface area contributed by atoms with E-state index < -0.39 is 5.60 Å². The Bertz CT molecular complexity index is 329. The summed E-state index contributed by atoms with van der Waals surface area (Å²) in [6.45, 7) is 3.47. The van der Waals surface area contributed by atoms with Crippen LogP contribution in [0.1, 0.15) is 19.4 Å². The van der Waals surface area contributed by atoms with Crippen LogP contribution in [0.25, 0.3) is 0 Å². The predicted molar refractivity (Wildman–Crippen MR) is 61.0 cm³/mol. The first kappa shape index (κ1) is 11.3. The largest absolute Gasteiger partial charge is 0.386 e. The second-order valence-corrected chi connectivity index (χ2v) is 4.49. The van der Waals surface area contributed by atoms with E-state index in [2.05, 4.69) is 0 Å². The third-order valence-corrected chi connectivity index (χ3v) is 2.40. The summed E-state index contributed by atoms with van der Waals surface area (Å²) in [6, 6.07) is 5.62. The quantitative estimate of drug-likeness (QED) is 0.817. The Labute approximate surface area is 90.1 Å². The first-order valence-electron chi connectivity index (χ1n) is 4.52. The van der Waals surface area contributed by atoms with Crippen LogP contribution < -0.4 is 4.90 Å². The standard InChI is InChI=1S/C11H16ClNO/c1-11(2,14)10-8(12)6-5-7-9(10)13(3)4/h5-7,14H,1-4H3. The van der Waals surface area contributed by atoms with E-state index in [-0.39, 0.29) is 0 Å². The molecule has 1 rings (SSSR count). The number of hydrogen-bond donors (Lipinski definition) is 1. The van der Waals surface area contributed by atoms with Gasteiger partial charge in [0.2, 0.25) is 0 Å². The second kappa shape index (κ2) is 3.79. The normalized spacial score (nSPS) is 11.6. The maximum absolute atomic E-state index is 9.99. The van der Waals surface area contributed by atoms with Gasteiger partial charge < -0.3 is 10.0 Å². The highest BCUT2D eigenvalue weighted by Crippen LogP contribution is 2.35. The molecule has 78 valence electrons. The predicted octanol–water partition coefficient (Wildman–Crippen LogP) is 2.63. The fraction of sp³-hybridized carbons (Fsp3) is 0.455. The van der Waals surface area contributed by atoms with E-state index in [9.17, 15) is 5.11 Å². The minimum Gasteiger partial charge on any atom is -0.386 e. The lowest BCUT2D eigenvalue weighted by atomic mass is 9.96. The molecular weight excluding hydrogens is 198 g/mol. The molecule has 0 radical (unpaired) electrons. The fourth-order valence-electron chi connectivity index (χ4n) is 1.49. The van der Waals surface area contributed by atoms with Gasteiger partial charge in [0.25, 0.3) is 0 Å². The van der Waals surface area contributed by atoms with Gasteiger partial charge in [-0.2, -0.15) is 0 Å². The third kappa shape index (κ3) is 2.20. The van der Waals surface area contributed by atoms with Crippen molar-refractivity contribution in [1.82, 2.24) is 0 Å². The number of hydrogen-bond acceptors (Lipinski definition) is 2. The highest BCUT2D eigenvalue weighted by atomic mass is 35.5. The van der Waals surface area contributed by atoms with E-state index in [1.54, 1.807) is 19.9 Å². The van der Waals surface area contributed by atoms with Crippen LogP contribution in [-0.2, 0) is 5.60 Å². The summed E-state index contributed by atoms with van der Waals surface area (Å²) in [5.41, 5.74) is 0.800. The second-order valence-electron chi connectivity index (χ2n) is 4.09. The zero-order valence-electron chi connectivity index (χ0n) is 9.00. The van der Waals surface area contributed by atoms with E-state index in [4.69, 9.17) is 11.6 Å². The van der Waals surface area contributed by atoms with Crippen LogP contribution in [0.15, 0.2) is 18.2 Å². The summed E-state index contributed by atoms with van der Waals surface area (Å²) < 4.78 is 0. The molecule has 0 aliphatic carbocycles. The molecular formula is C11H16ClNO. The van der Waals surface area contributed by atoms with Crippen LogP contribution in [0.4, 0.5) is 5.69 Å². The maximum Gasteiger partial charge on any atom is 0.0875 e. The van der Waals surface area contributed by atoms with Gasteiger partial charge in [0.05, 0.1) is 5.60 Å². The molecule has 0 heterocycles. The van der Waals surface area contributed by atoms with Gasteiger partial charge in [-0.25, -0.2) is 0 Å². The van der Waals surface area contributed by atoms with E-state index in [1.807, 2.05) is 31.1 Å². The van der Waals surface area contributed by atoms with Crippen molar-refractivity contribution in [3.05, 3.63) is 28.8 Å². The van der Waals surface area contributed by atoms with Crippen molar-refractivity contribution in [3.63, 3.8) is 0 Å². The molecule has 0 aliphatic heterocycles. The lowest BCUT2D eigenvalue weighted by Gasteiger charge is -2.26. The van der Waals surface area contributed by atoms with Crippen LogP contribution in [-0.4, -0.2) is 19.2 Å². The SMILES string of the molecule is CN(C)c1cccc(Cl)c1C(C)(C)O. The van der Waals surface area contributed by atoms with E-state index in [0.717, 1.165) is 11.3 Å². The Balaban J connectivity index is 3.38. The molecule has 0 unspecified atom stereocenters. The van der Waals surface area contributed by atoms with Crippen LogP contribution in [0.2, 0.25) is 5.02 Å². The number of nitrogens with zero attached hydrogens (tertiary/aromatic N) is 1. The van der Waals surface area contributed by atoms with Crippen molar-refractivity contribution in [3.8, 4) is 0 Å². The molecule has 1 N–H and O–H groups in total. The van der Waals surface area contributed by atoms with Gasteiger partial charge in [-0.15, -0.1) is 0 Å². The van der Waals surface area contributed by atoms with Gasteiger partial charge in [0.1, 0.15) is 0 Å². The molecule has 1 aromatic carbocycles. The molecule has 0 amide bonds. The summed E-state index contributed by atoms with van der Waals surface area (Å²) in [5, 5.41) is 10.6. The molecule has 0 spiro atoms. The number of benzene rings is 1. The van der Waals surface area contributed by atoms with Gasteiger partial charge in [0.15, 0.2) is 0 Å². The topological polar surface area (TPSA) is 23.5 Å². The van der Waals surface area contributed by atoms with Gasteiger partial charge in [0, 0.05) is 30.4 Å². The molecule has 0 saturated heterocycles. The van der Waals surface area contributed by atoms with E-state index >= 15 is 0 Å². The first-order chi connectivity index (χ1) is 6.34. The van der Waals surface area contributed by atoms with E-state index in [0.29, 0.717) is 5.02 Å². The Morgan fingerprint density at radius 1 is 1.29 bits per heavy atom. The summed E-state index contributed by atoms with van der Waals surface area (Å²) in [7, 11) is 3.86. The zero-order chi connectivity index (χ0) is 10.9. The minimum atomic E-state index is -0.919. The van der Waals surface area contributed by atoms with Crippen molar-refractivity contribution >= 4 is 17.3 Å². The Morgan fingerprint density at radius 2 is 1.86 bits per heavy atom. The molecule has 0 bridgehead atoms. The van der Waals surface area contributed by atoms with E-state index in [1.165, 1.54) is 0 Å². The smallest absolute Gasteiger partial charge is 0.0875 e. The van der Waals surface area contributed by atoms with Crippen LogP contribution >= 0.6 is 11.6 Å². The molecule has 1 aromatic rings. The number of halogens is 1. The van der Waals surface area contributed by atoms with Gasteiger partial charge >= 0.3 is 0 Å². The Kier molecular flexibility index (Phi) is 3.07. The molecule has 0 saturated carbocycles. The number of aliphatic hydroxyl groups is 1. The lowest BCUT2D eigenvalue weighted by Crippen LogP contribution is -2.22. The maximum atomic E-state index is 9.99. The van der Waals surface area contributed by atoms with Crippen molar-refractivity contribution < 1.29 is 5.11 Å². The molecule has 14 heavy (non-hydrogen) atoms. The van der Waals surface area contributed by atoms with Crippen LogP contribution in [0.3, 0.4) is 0 Å². The molecule has 2 nitrogen and oxygen atoms in total. The van der Waals surface area contributed by atoms with Crippen molar-refractivity contribution in [2.24, 2.45) is 0 Å². The summed E-state index contributed by atoms with van der Waals surface area (Å²) >= 11 is 6.07. The molecule has 3 heteroatoms. The molecule has 0 fully saturated rings. The highest BCUT2D eigenvalue weighted by molar-refractivity contribution is 6.31. The lowest BCUT2D eigenvalue weighted by molar-refractivity contribution is 0.0792. The number of anilines is 1. The number of rotatable bonds is 2. The molecule has 0 aromatic heterocycles. The minimum absolute atomic E-state index is 0.601. The molecule has 0 aliphatic rings. The molecule has 0 atom stereocenters. The van der Waals surface area contributed by atoms with Crippen molar-refractivity contribution in [2.75, 3.05) is 19.0 Å². The highest BCUT2D eigenvalue weighted by Gasteiger charge is 2.23. The third-order valence-electron chi connectivity index (χ3n) is 2.09. The Hall–Kier alpha value is -0.730. The van der Waals surface area contributed by atoms with Crippen LogP contribution in [0, 0.1) is 0 Å². The van der Waals surface area contributed by atoms with Crippen molar-refractivity contribution in [1.29, 1.82) is 0 Å². The van der Waals surface area contributed by atoms with Gasteiger partial charge in [-0.05, 0) is 26.0 Å². The van der Waals surface area contributed by atoms with Gasteiger partial charge in [-0.1, -0.05) is 17.7 Å². The van der Waals surface area contributed by atoms with Crippen LogP contribution in [0.5, 0.6) is 0 Å². The average Bonchev–Trinajstić information content (AvgIpc) is 2.01. The average molecular weight is 214 g/mol. The zero-order valence-corrected chi connectivity index (χ0v) is 9.76.